The molecule has 0 bridgehead atoms. The second kappa shape index (κ2) is 9.52. The van der Waals surface area contributed by atoms with Gasteiger partial charge in [-0.2, -0.15) is 36.3 Å². The van der Waals surface area contributed by atoms with E-state index in [1.807, 2.05) is 24.3 Å². The van der Waals surface area contributed by atoms with Crippen molar-refractivity contribution >= 4 is 81.1 Å². The van der Waals surface area contributed by atoms with Gasteiger partial charge in [0.05, 0.1) is 11.4 Å². The predicted molar refractivity (Wildman–Crippen MR) is 170 cm³/mol. The van der Waals surface area contributed by atoms with Crippen LogP contribution in [0.3, 0.4) is 0 Å². The Bertz CT molecular complexity index is 2580. The van der Waals surface area contributed by atoms with Crippen LogP contribution < -0.4 is 9.64 Å². The van der Waals surface area contributed by atoms with Crippen LogP contribution in [0.15, 0.2) is 97.1 Å². The molecule has 0 radical (unpaired) electrons. The molecule has 6 aromatic carbocycles. The van der Waals surface area contributed by atoms with Gasteiger partial charge < -0.3 is 4.74 Å². The van der Waals surface area contributed by atoms with Crippen LogP contribution in [0.4, 0.5) is 43.7 Å². The summed E-state index contributed by atoms with van der Waals surface area (Å²) in [5.41, 5.74) is 0.368. The number of alkyl halides is 6. The van der Waals surface area contributed by atoms with E-state index >= 15 is 0 Å². The molecule has 2 aromatic heterocycles. The van der Waals surface area contributed by atoms with E-state index in [1.165, 1.54) is 17.4 Å². The minimum absolute atomic E-state index is 0.177. The quantitative estimate of drug-likeness (QED) is 0.130. The van der Waals surface area contributed by atoms with Gasteiger partial charge in [-0.25, -0.2) is 4.98 Å². The van der Waals surface area contributed by atoms with Crippen LogP contribution in [0.1, 0.15) is 11.6 Å². The highest BCUT2D eigenvalue weighted by atomic mass is 32.1. The van der Waals surface area contributed by atoms with Crippen LogP contribution in [-0.4, -0.2) is 15.0 Å². The van der Waals surface area contributed by atoms with Gasteiger partial charge in [0.2, 0.25) is 17.6 Å². The highest BCUT2D eigenvalue weighted by Gasteiger charge is 2.43. The monoisotopic (exact) mass is 654 g/mol. The molecule has 47 heavy (non-hydrogen) atoms. The second-order valence-corrected chi connectivity index (χ2v) is 12.2. The fourth-order valence-electron chi connectivity index (χ4n) is 6.36. The van der Waals surface area contributed by atoms with Gasteiger partial charge in [-0.15, -0.1) is 11.3 Å². The molecule has 0 aliphatic carbocycles. The van der Waals surface area contributed by atoms with Gasteiger partial charge in [-0.3, -0.25) is 4.90 Å². The molecule has 1 aliphatic heterocycles. The lowest BCUT2D eigenvalue weighted by Crippen LogP contribution is -2.24. The van der Waals surface area contributed by atoms with E-state index < -0.39 is 29.9 Å². The van der Waals surface area contributed by atoms with E-state index in [9.17, 15) is 26.3 Å². The maximum absolute atomic E-state index is 13.8. The van der Waals surface area contributed by atoms with Crippen LogP contribution in [0.25, 0.3) is 52.5 Å². The van der Waals surface area contributed by atoms with Crippen molar-refractivity contribution in [3.8, 4) is 11.5 Å². The van der Waals surface area contributed by atoms with Gasteiger partial charge in [0.25, 0.3) is 0 Å². The summed E-state index contributed by atoms with van der Waals surface area (Å²) in [4.78, 5) is 10.8. The van der Waals surface area contributed by atoms with E-state index in [0.717, 1.165) is 57.4 Å². The number of aromatic nitrogens is 3. The molecule has 0 saturated heterocycles. The first-order valence-electron chi connectivity index (χ1n) is 14.3. The lowest BCUT2D eigenvalue weighted by Gasteiger charge is -2.31. The van der Waals surface area contributed by atoms with Gasteiger partial charge in [0, 0.05) is 20.2 Å². The molecule has 5 nitrogen and oxygen atoms in total. The largest absolute Gasteiger partial charge is 0.453 e. The Morgan fingerprint density at radius 2 is 1.00 bits per heavy atom. The number of benzene rings is 6. The number of ether oxygens (including phenoxy) is 1. The average molecular weight is 655 g/mol. The average Bonchev–Trinajstić information content (AvgIpc) is 3.40. The first-order valence-corrected chi connectivity index (χ1v) is 15.1. The number of hydrogen-bond acceptors (Lipinski definition) is 6. The molecule has 0 spiro atoms. The molecule has 0 N–H and O–H groups in total. The van der Waals surface area contributed by atoms with Gasteiger partial charge in [-0.05, 0) is 68.7 Å². The minimum atomic E-state index is -5.25. The number of halogens is 6. The van der Waals surface area contributed by atoms with E-state index in [-0.39, 0.29) is 22.9 Å². The van der Waals surface area contributed by atoms with Gasteiger partial charge >= 0.3 is 12.4 Å². The lowest BCUT2D eigenvalue weighted by molar-refractivity contribution is -0.155. The number of anilines is 3. The molecule has 9 rings (SSSR count). The third kappa shape index (κ3) is 4.21. The Morgan fingerprint density at radius 1 is 0.489 bits per heavy atom. The highest BCUT2D eigenvalue weighted by Crippen LogP contribution is 2.53. The van der Waals surface area contributed by atoms with Crippen LogP contribution in [-0.2, 0) is 12.4 Å². The van der Waals surface area contributed by atoms with Crippen molar-refractivity contribution < 1.29 is 31.1 Å². The molecule has 0 fully saturated rings. The van der Waals surface area contributed by atoms with Gasteiger partial charge in [-0.1, -0.05) is 60.7 Å². The van der Waals surface area contributed by atoms with E-state index in [2.05, 4.69) is 51.4 Å². The van der Waals surface area contributed by atoms with Crippen LogP contribution in [0.2, 0.25) is 0 Å². The molecule has 8 aromatic rings. The van der Waals surface area contributed by atoms with E-state index in [1.54, 1.807) is 30.3 Å². The smallest absolute Gasteiger partial charge is 0.451 e. The zero-order valence-electron chi connectivity index (χ0n) is 23.6. The molecule has 0 saturated carbocycles. The fourth-order valence-corrected chi connectivity index (χ4v) is 7.50. The van der Waals surface area contributed by atoms with Gasteiger partial charge in [0.1, 0.15) is 0 Å². The Balaban J connectivity index is 1.33. The zero-order chi connectivity index (χ0) is 32.2. The van der Waals surface area contributed by atoms with Crippen molar-refractivity contribution in [3.63, 3.8) is 0 Å². The molecule has 230 valence electrons. The molecule has 0 atom stereocenters. The third-order valence-electron chi connectivity index (χ3n) is 8.31. The standard InChI is InChI=1S/C35H16F6N4OS/c36-34(37,38)31-42-32(35(39,40)41)44-33(43-31)45-25-11-5-6-12-27(25)46-28-14-24-23-13-21-19-9-3-1-7-17(19)18-8-2-4-10-20(18)22(21)15-29(23)47-30(24)16-26(28)45/h1-16H. The Labute approximate surface area is 264 Å². The highest BCUT2D eigenvalue weighted by molar-refractivity contribution is 7.26. The molecule has 0 unspecified atom stereocenters. The summed E-state index contributed by atoms with van der Waals surface area (Å²) in [6.45, 7) is 0. The van der Waals surface area contributed by atoms with Crippen molar-refractivity contribution in [1.29, 1.82) is 0 Å². The third-order valence-corrected chi connectivity index (χ3v) is 9.43. The molecule has 3 heterocycles. The molecule has 12 heteroatoms. The fraction of sp³-hybridized carbons (Fsp3) is 0.0571. The van der Waals surface area contributed by atoms with Crippen LogP contribution >= 0.6 is 11.3 Å². The van der Waals surface area contributed by atoms with Gasteiger partial charge in [0.15, 0.2) is 11.5 Å². The van der Waals surface area contributed by atoms with Crippen LogP contribution in [0, 0.1) is 0 Å². The Hall–Kier alpha value is -5.49. The summed E-state index contributed by atoms with van der Waals surface area (Å²) < 4.78 is 90.6. The molecular weight excluding hydrogens is 638 g/mol. The van der Waals surface area contributed by atoms with E-state index in [4.69, 9.17) is 4.74 Å². The number of thiophene rings is 1. The summed E-state index contributed by atoms with van der Waals surface area (Å²) in [5.74, 6) is -4.30. The number of fused-ring (bicyclic) bond motifs is 11. The van der Waals surface area contributed by atoms with Crippen molar-refractivity contribution in [2.45, 2.75) is 12.4 Å². The number of para-hydroxylation sites is 2. The van der Waals surface area contributed by atoms with Crippen molar-refractivity contribution in [3.05, 3.63) is 109 Å². The topological polar surface area (TPSA) is 51.1 Å². The number of rotatable bonds is 1. The number of hydrogen-bond donors (Lipinski definition) is 0. The molecule has 0 amide bonds. The predicted octanol–water partition coefficient (Wildman–Crippen LogP) is 11.3. The first kappa shape index (κ1) is 27.8. The molecule has 1 aliphatic rings. The first-order chi connectivity index (χ1) is 22.5. The maximum atomic E-state index is 13.8. The zero-order valence-corrected chi connectivity index (χ0v) is 24.4. The lowest BCUT2D eigenvalue weighted by atomic mass is 9.93. The normalized spacial score (nSPS) is 13.4. The van der Waals surface area contributed by atoms with Crippen molar-refractivity contribution in [2.75, 3.05) is 4.90 Å². The van der Waals surface area contributed by atoms with Crippen molar-refractivity contribution in [1.82, 2.24) is 15.0 Å². The van der Waals surface area contributed by atoms with Crippen molar-refractivity contribution in [2.24, 2.45) is 0 Å². The summed E-state index contributed by atoms with van der Waals surface area (Å²) >= 11 is 1.46. The Kier molecular flexibility index (Phi) is 5.63. The van der Waals surface area contributed by atoms with E-state index in [0.29, 0.717) is 0 Å². The number of nitrogens with zero attached hydrogens (tertiary/aromatic N) is 4. The summed E-state index contributed by atoms with van der Waals surface area (Å²) in [6.07, 6.45) is -10.5. The second-order valence-electron chi connectivity index (χ2n) is 11.1. The minimum Gasteiger partial charge on any atom is -0.453 e. The SMILES string of the molecule is FC(F)(F)c1nc(N2c3ccccc3Oc3cc4c(cc32)sc2cc3c5ccccc5c5ccccc5c3cc24)nc(C(F)(F)F)n1. The summed E-state index contributed by atoms with van der Waals surface area (Å²) in [6, 6.07) is 30.4. The van der Waals surface area contributed by atoms with Crippen LogP contribution in [0.5, 0.6) is 11.5 Å². The summed E-state index contributed by atoms with van der Waals surface area (Å²) in [5, 5.41) is 8.32. The summed E-state index contributed by atoms with van der Waals surface area (Å²) in [7, 11) is 0. The Morgan fingerprint density at radius 3 is 1.62 bits per heavy atom. The maximum Gasteiger partial charge on any atom is 0.451 e. The molecular formula is C35H16F6N4OS.